The van der Waals surface area contributed by atoms with Gasteiger partial charge in [-0.2, -0.15) is 0 Å². The molecule has 0 aliphatic heterocycles. The number of hydrogen-bond acceptors (Lipinski definition) is 2. The molecule has 1 amide bonds. The highest BCUT2D eigenvalue weighted by Gasteiger charge is 2.05. The Bertz CT molecular complexity index is 371. The van der Waals surface area contributed by atoms with Crippen molar-refractivity contribution in [3.8, 4) is 0 Å². The summed E-state index contributed by atoms with van der Waals surface area (Å²) >= 11 is 9.26. The van der Waals surface area contributed by atoms with Gasteiger partial charge in [-0.05, 0) is 24.6 Å². The van der Waals surface area contributed by atoms with Gasteiger partial charge in [0.1, 0.15) is 0 Å². The lowest BCUT2D eigenvalue weighted by Crippen LogP contribution is -2.12. The van der Waals surface area contributed by atoms with Crippen LogP contribution in [0.2, 0.25) is 5.02 Å². The van der Waals surface area contributed by atoms with Crippen LogP contribution in [0.3, 0.4) is 0 Å². The third-order valence-electron chi connectivity index (χ3n) is 1.95. The van der Waals surface area contributed by atoms with Crippen molar-refractivity contribution in [2.75, 3.05) is 19.0 Å². The minimum Gasteiger partial charge on any atom is -0.385 e. The van der Waals surface area contributed by atoms with Gasteiger partial charge in [0.15, 0.2) is 0 Å². The SMILES string of the molecule is COCCCC(=O)Nc1cc(Br)ccc1Cl. The number of benzene rings is 1. The first-order chi connectivity index (χ1) is 7.63. The Hall–Kier alpha value is -0.580. The van der Waals surface area contributed by atoms with Gasteiger partial charge in [-0.1, -0.05) is 27.5 Å². The van der Waals surface area contributed by atoms with Gasteiger partial charge in [0, 0.05) is 24.6 Å². The van der Waals surface area contributed by atoms with Gasteiger partial charge < -0.3 is 10.1 Å². The molecule has 0 radical (unpaired) electrons. The van der Waals surface area contributed by atoms with E-state index in [9.17, 15) is 4.79 Å². The molecule has 0 unspecified atom stereocenters. The van der Waals surface area contributed by atoms with Crippen LogP contribution in [0.15, 0.2) is 22.7 Å². The third kappa shape index (κ3) is 4.51. The average molecular weight is 307 g/mol. The molecule has 16 heavy (non-hydrogen) atoms. The average Bonchev–Trinajstić information content (AvgIpc) is 2.24. The van der Waals surface area contributed by atoms with E-state index >= 15 is 0 Å². The van der Waals surface area contributed by atoms with Gasteiger partial charge in [-0.25, -0.2) is 0 Å². The van der Waals surface area contributed by atoms with E-state index in [1.54, 1.807) is 19.2 Å². The molecular formula is C11H13BrClNO2. The Balaban J connectivity index is 2.52. The maximum Gasteiger partial charge on any atom is 0.224 e. The van der Waals surface area contributed by atoms with Crippen molar-refractivity contribution < 1.29 is 9.53 Å². The van der Waals surface area contributed by atoms with E-state index in [1.165, 1.54) is 0 Å². The van der Waals surface area contributed by atoms with Crippen molar-refractivity contribution in [1.29, 1.82) is 0 Å². The zero-order chi connectivity index (χ0) is 12.0. The second kappa shape index (κ2) is 6.89. The van der Waals surface area contributed by atoms with Crippen LogP contribution >= 0.6 is 27.5 Å². The molecule has 0 aromatic heterocycles. The first-order valence-corrected chi connectivity index (χ1v) is 6.04. The smallest absolute Gasteiger partial charge is 0.224 e. The minimum atomic E-state index is -0.0583. The fourth-order valence-corrected chi connectivity index (χ4v) is 1.71. The molecule has 0 saturated carbocycles. The number of methoxy groups -OCH3 is 1. The molecule has 0 spiro atoms. The molecule has 0 heterocycles. The zero-order valence-electron chi connectivity index (χ0n) is 8.93. The van der Waals surface area contributed by atoms with E-state index < -0.39 is 0 Å². The lowest BCUT2D eigenvalue weighted by Gasteiger charge is -2.07. The van der Waals surface area contributed by atoms with Crippen molar-refractivity contribution in [1.82, 2.24) is 0 Å². The van der Waals surface area contributed by atoms with Crippen LogP contribution in [-0.2, 0) is 9.53 Å². The number of rotatable bonds is 5. The Kier molecular flexibility index (Phi) is 5.80. The van der Waals surface area contributed by atoms with Crippen molar-refractivity contribution in [3.05, 3.63) is 27.7 Å². The number of ether oxygens (including phenoxy) is 1. The summed E-state index contributed by atoms with van der Waals surface area (Å²) in [4.78, 5) is 11.5. The lowest BCUT2D eigenvalue weighted by atomic mass is 10.2. The fraction of sp³-hybridized carbons (Fsp3) is 0.364. The van der Waals surface area contributed by atoms with Gasteiger partial charge in [-0.15, -0.1) is 0 Å². The summed E-state index contributed by atoms with van der Waals surface area (Å²) in [6.45, 7) is 0.583. The van der Waals surface area contributed by atoms with Crippen molar-refractivity contribution in [2.24, 2.45) is 0 Å². The van der Waals surface area contributed by atoms with Crippen LogP contribution in [0.4, 0.5) is 5.69 Å². The van der Waals surface area contributed by atoms with E-state index in [1.807, 2.05) is 6.07 Å². The summed E-state index contributed by atoms with van der Waals surface area (Å²) in [6, 6.07) is 5.33. The number of halogens is 2. The zero-order valence-corrected chi connectivity index (χ0v) is 11.3. The van der Waals surface area contributed by atoms with E-state index in [4.69, 9.17) is 16.3 Å². The molecular weight excluding hydrogens is 293 g/mol. The molecule has 1 aromatic rings. The normalized spacial score (nSPS) is 10.2. The van der Waals surface area contributed by atoms with Crippen molar-refractivity contribution in [3.63, 3.8) is 0 Å². The Labute approximate surface area is 108 Å². The molecule has 0 fully saturated rings. The third-order valence-corrected chi connectivity index (χ3v) is 2.78. The van der Waals surface area contributed by atoms with Crippen LogP contribution in [0.1, 0.15) is 12.8 Å². The molecule has 3 nitrogen and oxygen atoms in total. The van der Waals surface area contributed by atoms with E-state index in [0.29, 0.717) is 30.2 Å². The van der Waals surface area contributed by atoms with Gasteiger partial charge in [0.25, 0.3) is 0 Å². The largest absolute Gasteiger partial charge is 0.385 e. The van der Waals surface area contributed by atoms with Gasteiger partial charge in [0.05, 0.1) is 10.7 Å². The number of hydrogen-bond donors (Lipinski definition) is 1. The number of anilines is 1. The van der Waals surface area contributed by atoms with Crippen molar-refractivity contribution >= 4 is 39.1 Å². The summed E-state index contributed by atoms with van der Waals surface area (Å²) < 4.78 is 5.75. The Morgan fingerprint density at radius 3 is 3.00 bits per heavy atom. The number of carbonyl (C=O) groups excluding carboxylic acids is 1. The number of amides is 1. The van der Waals surface area contributed by atoms with Crippen LogP contribution in [0.25, 0.3) is 0 Å². The highest BCUT2D eigenvalue weighted by atomic mass is 79.9. The van der Waals surface area contributed by atoms with E-state index in [2.05, 4.69) is 21.2 Å². The van der Waals surface area contributed by atoms with Gasteiger partial charge in [-0.3, -0.25) is 4.79 Å². The highest BCUT2D eigenvalue weighted by molar-refractivity contribution is 9.10. The minimum absolute atomic E-state index is 0.0583. The molecule has 0 aliphatic rings. The molecule has 0 aliphatic carbocycles. The van der Waals surface area contributed by atoms with E-state index in [-0.39, 0.29) is 5.91 Å². The summed E-state index contributed by atoms with van der Waals surface area (Å²) in [5, 5.41) is 3.28. The fourth-order valence-electron chi connectivity index (χ4n) is 1.18. The van der Waals surface area contributed by atoms with Crippen LogP contribution < -0.4 is 5.32 Å². The Morgan fingerprint density at radius 2 is 2.31 bits per heavy atom. The monoisotopic (exact) mass is 305 g/mol. The quantitative estimate of drug-likeness (QED) is 0.846. The first-order valence-electron chi connectivity index (χ1n) is 4.87. The maximum absolute atomic E-state index is 11.5. The van der Waals surface area contributed by atoms with Crippen molar-refractivity contribution in [2.45, 2.75) is 12.8 Å². The standard InChI is InChI=1S/C11H13BrClNO2/c1-16-6-2-3-11(15)14-10-7-8(12)4-5-9(10)13/h4-5,7H,2-3,6H2,1H3,(H,14,15). The molecule has 5 heteroatoms. The second-order valence-corrected chi connectivity index (χ2v) is 4.59. The molecule has 1 N–H and O–H groups in total. The molecule has 88 valence electrons. The predicted molar refractivity (Wildman–Crippen MR) is 68.9 cm³/mol. The first kappa shape index (κ1) is 13.5. The Morgan fingerprint density at radius 1 is 1.56 bits per heavy atom. The highest BCUT2D eigenvalue weighted by Crippen LogP contribution is 2.25. The summed E-state index contributed by atoms with van der Waals surface area (Å²) in [5.74, 6) is -0.0583. The predicted octanol–water partition coefficient (Wildman–Crippen LogP) is 3.47. The summed E-state index contributed by atoms with van der Waals surface area (Å²) in [7, 11) is 1.61. The van der Waals surface area contributed by atoms with E-state index in [0.717, 1.165) is 4.47 Å². The van der Waals surface area contributed by atoms with Gasteiger partial charge in [0.2, 0.25) is 5.91 Å². The van der Waals surface area contributed by atoms with Crippen LogP contribution in [-0.4, -0.2) is 19.6 Å². The number of nitrogens with one attached hydrogen (secondary N) is 1. The second-order valence-electron chi connectivity index (χ2n) is 3.27. The van der Waals surface area contributed by atoms with Crippen LogP contribution in [0.5, 0.6) is 0 Å². The maximum atomic E-state index is 11.5. The molecule has 0 saturated heterocycles. The topological polar surface area (TPSA) is 38.3 Å². The number of carbonyl (C=O) groups is 1. The van der Waals surface area contributed by atoms with Gasteiger partial charge >= 0.3 is 0 Å². The lowest BCUT2D eigenvalue weighted by molar-refractivity contribution is -0.116. The molecule has 1 aromatic carbocycles. The summed E-state index contributed by atoms with van der Waals surface area (Å²) in [5.41, 5.74) is 0.624. The van der Waals surface area contributed by atoms with Crippen LogP contribution in [0, 0.1) is 0 Å². The molecule has 1 rings (SSSR count). The summed E-state index contributed by atoms with van der Waals surface area (Å²) in [6.07, 6.45) is 1.13. The molecule has 0 bridgehead atoms. The molecule has 0 atom stereocenters.